The summed E-state index contributed by atoms with van der Waals surface area (Å²) in [5.41, 5.74) is 0.348. The van der Waals surface area contributed by atoms with Crippen molar-refractivity contribution in [2.45, 2.75) is 43.4 Å². The Kier molecular flexibility index (Phi) is 5.79. The second-order valence-corrected chi connectivity index (χ2v) is 9.63. The number of ether oxygens (including phenoxy) is 1. The van der Waals surface area contributed by atoms with E-state index in [1.54, 1.807) is 24.0 Å². The highest BCUT2D eigenvalue weighted by Crippen LogP contribution is 2.31. The summed E-state index contributed by atoms with van der Waals surface area (Å²) in [6.07, 6.45) is 3.13. The minimum absolute atomic E-state index is 0.0500. The van der Waals surface area contributed by atoms with Crippen molar-refractivity contribution in [1.29, 1.82) is 0 Å². The summed E-state index contributed by atoms with van der Waals surface area (Å²) in [4.78, 5) is 19.2. The average molecular weight is 435 g/mol. The maximum atomic E-state index is 13.1. The molecule has 0 saturated carbocycles. The van der Waals surface area contributed by atoms with E-state index < -0.39 is 10.0 Å². The Morgan fingerprint density at radius 3 is 2.47 bits per heavy atom. The number of carbonyl (C=O) groups excluding carboxylic acids is 1. The molecule has 2 saturated heterocycles. The molecule has 2 fully saturated rings. The Morgan fingerprint density at radius 1 is 1.17 bits per heavy atom. The van der Waals surface area contributed by atoms with Gasteiger partial charge in [0, 0.05) is 37.7 Å². The number of aryl methyl sites for hydroxylation is 1. The summed E-state index contributed by atoms with van der Waals surface area (Å²) in [5, 5.41) is 3.84. The second kappa shape index (κ2) is 8.35. The lowest BCUT2D eigenvalue weighted by Crippen LogP contribution is -2.38. The van der Waals surface area contributed by atoms with Gasteiger partial charge in [-0.05, 0) is 50.8 Å². The molecule has 1 aromatic carbocycles. The Morgan fingerprint density at radius 2 is 1.87 bits per heavy atom. The van der Waals surface area contributed by atoms with E-state index >= 15 is 0 Å². The molecular weight excluding hydrogens is 408 g/mol. The first-order valence-corrected chi connectivity index (χ1v) is 11.6. The average Bonchev–Trinajstić information content (AvgIpc) is 3.45. The molecular formula is C20H26N4O5S. The van der Waals surface area contributed by atoms with E-state index in [4.69, 9.17) is 9.26 Å². The summed E-state index contributed by atoms with van der Waals surface area (Å²) in [6, 6.07) is 4.63. The number of rotatable bonds is 5. The number of likely N-dealkylation sites (tertiary alicyclic amines) is 1. The fourth-order valence-corrected chi connectivity index (χ4v) is 5.77. The van der Waals surface area contributed by atoms with Crippen LogP contribution in [0.5, 0.6) is 5.75 Å². The molecule has 2 aliphatic rings. The number of aromatic nitrogens is 2. The molecule has 1 aromatic heterocycles. The summed E-state index contributed by atoms with van der Waals surface area (Å²) in [7, 11) is -2.27. The van der Waals surface area contributed by atoms with Crippen LogP contribution < -0.4 is 4.74 Å². The fraction of sp³-hybridized carbons (Fsp3) is 0.550. The molecule has 0 unspecified atom stereocenters. The molecule has 0 radical (unpaired) electrons. The van der Waals surface area contributed by atoms with E-state index in [0.29, 0.717) is 43.5 Å². The zero-order valence-electron chi connectivity index (χ0n) is 17.2. The number of carbonyl (C=O) groups is 1. The summed E-state index contributed by atoms with van der Waals surface area (Å²) < 4.78 is 38.1. The molecule has 162 valence electrons. The first kappa shape index (κ1) is 20.8. The molecule has 2 aromatic rings. The van der Waals surface area contributed by atoms with Gasteiger partial charge in [-0.2, -0.15) is 9.29 Å². The highest BCUT2D eigenvalue weighted by molar-refractivity contribution is 7.89. The Labute approximate surface area is 176 Å². The molecule has 2 aliphatic heterocycles. The van der Waals surface area contributed by atoms with Crippen LogP contribution >= 0.6 is 0 Å². The van der Waals surface area contributed by atoms with Crippen LogP contribution in [0, 0.1) is 6.92 Å². The molecule has 30 heavy (non-hydrogen) atoms. The molecule has 0 N–H and O–H groups in total. The third-order valence-electron chi connectivity index (χ3n) is 5.77. The summed E-state index contributed by atoms with van der Waals surface area (Å²) in [6.45, 7) is 3.86. The van der Waals surface area contributed by atoms with Gasteiger partial charge in [0.1, 0.15) is 10.6 Å². The monoisotopic (exact) mass is 434 g/mol. The number of benzene rings is 1. The number of hydrogen-bond acceptors (Lipinski definition) is 7. The summed E-state index contributed by atoms with van der Waals surface area (Å²) in [5.74, 6) is 1.42. The minimum atomic E-state index is -3.70. The number of methoxy groups -OCH3 is 1. The van der Waals surface area contributed by atoms with Gasteiger partial charge in [0.25, 0.3) is 5.91 Å². The lowest BCUT2D eigenvalue weighted by atomic mass is 9.96. The van der Waals surface area contributed by atoms with E-state index in [1.807, 2.05) is 0 Å². The number of hydrogen-bond donors (Lipinski definition) is 0. The van der Waals surface area contributed by atoms with E-state index in [1.165, 1.54) is 17.5 Å². The van der Waals surface area contributed by atoms with Crippen LogP contribution in [0.25, 0.3) is 0 Å². The highest BCUT2D eigenvalue weighted by Gasteiger charge is 2.32. The maximum absolute atomic E-state index is 13.1. The highest BCUT2D eigenvalue weighted by atomic mass is 32.2. The van der Waals surface area contributed by atoms with E-state index in [-0.39, 0.29) is 22.5 Å². The molecule has 0 bridgehead atoms. The van der Waals surface area contributed by atoms with Crippen molar-refractivity contribution in [3.8, 4) is 5.75 Å². The Bertz CT molecular complexity index is 1020. The van der Waals surface area contributed by atoms with E-state index in [0.717, 1.165) is 25.7 Å². The van der Waals surface area contributed by atoms with Crippen molar-refractivity contribution in [2.75, 3.05) is 33.3 Å². The third kappa shape index (κ3) is 3.93. The fourth-order valence-electron chi connectivity index (χ4n) is 4.07. The number of amides is 1. The smallest absolute Gasteiger partial charge is 0.253 e. The lowest BCUT2D eigenvalue weighted by molar-refractivity contribution is 0.0704. The molecule has 3 heterocycles. The van der Waals surface area contributed by atoms with Crippen LogP contribution in [0.3, 0.4) is 0 Å². The maximum Gasteiger partial charge on any atom is 0.253 e. The van der Waals surface area contributed by atoms with Crippen LogP contribution in [0.15, 0.2) is 27.6 Å². The minimum Gasteiger partial charge on any atom is -0.495 e. The van der Waals surface area contributed by atoms with Gasteiger partial charge in [0.2, 0.25) is 15.9 Å². The first-order chi connectivity index (χ1) is 14.4. The van der Waals surface area contributed by atoms with Crippen molar-refractivity contribution in [2.24, 2.45) is 0 Å². The molecule has 0 spiro atoms. The number of piperidine rings is 1. The number of nitrogens with zero attached hydrogens (tertiary/aromatic N) is 4. The SMILES string of the molecule is COc1ccc(C(=O)N2CCC(c3nc(C)no3)CC2)cc1S(=O)(=O)N1CCCC1. The van der Waals surface area contributed by atoms with Crippen LogP contribution in [-0.2, 0) is 10.0 Å². The number of sulfonamides is 1. The molecule has 10 heteroatoms. The molecule has 9 nitrogen and oxygen atoms in total. The van der Waals surface area contributed by atoms with Crippen LogP contribution in [0.1, 0.15) is 53.7 Å². The van der Waals surface area contributed by atoms with Crippen molar-refractivity contribution < 1.29 is 22.5 Å². The Hall–Kier alpha value is -2.46. The van der Waals surface area contributed by atoms with Gasteiger partial charge in [-0.25, -0.2) is 8.42 Å². The molecule has 1 amide bonds. The quantitative estimate of drug-likeness (QED) is 0.710. The third-order valence-corrected chi connectivity index (χ3v) is 7.69. The van der Waals surface area contributed by atoms with Crippen molar-refractivity contribution in [3.63, 3.8) is 0 Å². The topological polar surface area (TPSA) is 106 Å². The van der Waals surface area contributed by atoms with Gasteiger partial charge in [-0.15, -0.1) is 0 Å². The van der Waals surface area contributed by atoms with Gasteiger partial charge >= 0.3 is 0 Å². The normalized spacial score (nSPS) is 18.7. The summed E-state index contributed by atoms with van der Waals surface area (Å²) >= 11 is 0. The van der Waals surface area contributed by atoms with Gasteiger partial charge in [-0.3, -0.25) is 4.79 Å². The van der Waals surface area contributed by atoms with Crippen molar-refractivity contribution in [1.82, 2.24) is 19.3 Å². The first-order valence-electron chi connectivity index (χ1n) is 10.2. The van der Waals surface area contributed by atoms with Crippen LogP contribution in [0.2, 0.25) is 0 Å². The van der Waals surface area contributed by atoms with Gasteiger partial charge in [0.15, 0.2) is 5.82 Å². The molecule has 0 aliphatic carbocycles. The van der Waals surface area contributed by atoms with E-state index in [2.05, 4.69) is 10.1 Å². The largest absolute Gasteiger partial charge is 0.495 e. The molecule has 4 rings (SSSR count). The van der Waals surface area contributed by atoms with Gasteiger partial charge < -0.3 is 14.2 Å². The Balaban J connectivity index is 1.52. The zero-order valence-corrected chi connectivity index (χ0v) is 18.0. The lowest BCUT2D eigenvalue weighted by Gasteiger charge is -2.30. The second-order valence-electron chi connectivity index (χ2n) is 7.72. The zero-order chi connectivity index (χ0) is 21.3. The van der Waals surface area contributed by atoms with Gasteiger partial charge in [0.05, 0.1) is 7.11 Å². The van der Waals surface area contributed by atoms with Crippen LogP contribution in [0.4, 0.5) is 0 Å². The van der Waals surface area contributed by atoms with Gasteiger partial charge in [-0.1, -0.05) is 5.16 Å². The van der Waals surface area contributed by atoms with Crippen LogP contribution in [-0.4, -0.2) is 67.0 Å². The van der Waals surface area contributed by atoms with E-state index in [9.17, 15) is 13.2 Å². The molecule has 0 atom stereocenters. The van der Waals surface area contributed by atoms with Crippen molar-refractivity contribution >= 4 is 15.9 Å². The standard InChI is InChI=1S/C20H26N4O5S/c1-14-21-19(29-22-14)15-7-11-23(12-8-15)20(25)16-5-6-17(28-2)18(13-16)30(26,27)24-9-3-4-10-24/h5-6,13,15H,3-4,7-12H2,1-2H3. The predicted octanol–water partition coefficient (Wildman–Crippen LogP) is 2.19. The van der Waals surface area contributed by atoms with Crippen molar-refractivity contribution in [3.05, 3.63) is 35.5 Å². The predicted molar refractivity (Wildman–Crippen MR) is 108 cm³/mol.